The highest BCUT2D eigenvalue weighted by Gasteiger charge is 2.30. The molecule has 2 heteroatoms. The number of rotatable bonds is 2. The van der Waals surface area contributed by atoms with Gasteiger partial charge in [0.15, 0.2) is 0 Å². The van der Waals surface area contributed by atoms with Gasteiger partial charge in [-0.2, -0.15) is 0 Å². The summed E-state index contributed by atoms with van der Waals surface area (Å²) in [7, 11) is 0. The van der Waals surface area contributed by atoms with Crippen LogP contribution >= 0.6 is 0 Å². The average molecular weight is 157 g/mol. The molecule has 1 atom stereocenters. The molecule has 2 nitrogen and oxygen atoms in total. The Hall–Kier alpha value is -0.0800. The fourth-order valence-electron chi connectivity index (χ4n) is 1.48. The van der Waals surface area contributed by atoms with Gasteiger partial charge in [-0.15, -0.1) is 0 Å². The molecule has 1 aliphatic rings. The molecule has 1 saturated heterocycles. The molecule has 0 radical (unpaired) electrons. The highest BCUT2D eigenvalue weighted by Crippen LogP contribution is 2.19. The SMILES string of the molecule is CCC1(CC)COC(C)CN1. The maximum absolute atomic E-state index is 5.61. The molecule has 1 fully saturated rings. The van der Waals surface area contributed by atoms with Crippen LogP contribution in [0.15, 0.2) is 0 Å². The van der Waals surface area contributed by atoms with E-state index in [1.165, 1.54) is 0 Å². The molecule has 66 valence electrons. The number of nitrogens with one attached hydrogen (secondary N) is 1. The Balaban J connectivity index is 2.45. The normalized spacial score (nSPS) is 30.3. The van der Waals surface area contributed by atoms with Crippen molar-refractivity contribution in [2.75, 3.05) is 13.2 Å². The number of hydrogen-bond acceptors (Lipinski definition) is 2. The maximum Gasteiger partial charge on any atom is 0.0672 e. The lowest BCUT2D eigenvalue weighted by Gasteiger charge is -2.39. The molecule has 0 bridgehead atoms. The van der Waals surface area contributed by atoms with Crippen LogP contribution in [0.2, 0.25) is 0 Å². The fraction of sp³-hybridized carbons (Fsp3) is 1.00. The van der Waals surface area contributed by atoms with Crippen molar-refractivity contribution in [2.24, 2.45) is 0 Å². The monoisotopic (exact) mass is 157 g/mol. The second kappa shape index (κ2) is 3.55. The molecule has 0 aliphatic carbocycles. The van der Waals surface area contributed by atoms with E-state index in [0.29, 0.717) is 6.10 Å². The molecular formula is C9H19NO. The van der Waals surface area contributed by atoms with Gasteiger partial charge in [0.05, 0.1) is 12.7 Å². The first-order valence-corrected chi connectivity index (χ1v) is 4.59. The molecule has 0 aromatic heterocycles. The number of ether oxygens (including phenoxy) is 1. The van der Waals surface area contributed by atoms with Crippen LogP contribution in [0, 0.1) is 0 Å². The Morgan fingerprint density at radius 2 is 2.09 bits per heavy atom. The summed E-state index contributed by atoms with van der Waals surface area (Å²) in [4.78, 5) is 0. The van der Waals surface area contributed by atoms with Gasteiger partial charge >= 0.3 is 0 Å². The number of hydrogen-bond donors (Lipinski definition) is 1. The molecule has 1 unspecified atom stereocenters. The standard InChI is InChI=1S/C9H19NO/c1-4-9(5-2)7-11-8(3)6-10-9/h8,10H,4-7H2,1-3H3. The molecule has 1 heterocycles. The van der Waals surface area contributed by atoms with Crippen LogP contribution in [-0.4, -0.2) is 24.8 Å². The zero-order valence-corrected chi connectivity index (χ0v) is 7.81. The van der Waals surface area contributed by atoms with Crippen molar-refractivity contribution in [3.05, 3.63) is 0 Å². The highest BCUT2D eigenvalue weighted by atomic mass is 16.5. The van der Waals surface area contributed by atoms with Gasteiger partial charge < -0.3 is 10.1 Å². The molecule has 0 aromatic rings. The first-order valence-electron chi connectivity index (χ1n) is 4.59. The number of morpholine rings is 1. The third-order valence-corrected chi connectivity index (χ3v) is 2.76. The van der Waals surface area contributed by atoms with E-state index >= 15 is 0 Å². The van der Waals surface area contributed by atoms with E-state index in [4.69, 9.17) is 4.74 Å². The Morgan fingerprint density at radius 1 is 1.45 bits per heavy atom. The molecule has 11 heavy (non-hydrogen) atoms. The van der Waals surface area contributed by atoms with Crippen LogP contribution in [0.4, 0.5) is 0 Å². The second-order valence-electron chi connectivity index (χ2n) is 3.49. The molecule has 0 amide bonds. The lowest BCUT2D eigenvalue weighted by atomic mass is 9.92. The van der Waals surface area contributed by atoms with Crippen molar-refractivity contribution in [3.8, 4) is 0 Å². The predicted octanol–water partition coefficient (Wildman–Crippen LogP) is 1.55. The average Bonchev–Trinajstić information content (AvgIpc) is 2.07. The van der Waals surface area contributed by atoms with Gasteiger partial charge in [0.2, 0.25) is 0 Å². The van der Waals surface area contributed by atoms with Crippen molar-refractivity contribution in [2.45, 2.75) is 45.3 Å². The second-order valence-corrected chi connectivity index (χ2v) is 3.49. The largest absolute Gasteiger partial charge is 0.375 e. The minimum Gasteiger partial charge on any atom is -0.375 e. The summed E-state index contributed by atoms with van der Waals surface area (Å²) in [6, 6.07) is 0. The quantitative estimate of drug-likeness (QED) is 0.656. The lowest BCUT2D eigenvalue weighted by molar-refractivity contribution is -0.0266. The fourth-order valence-corrected chi connectivity index (χ4v) is 1.48. The van der Waals surface area contributed by atoms with Crippen LogP contribution in [0.1, 0.15) is 33.6 Å². The molecule has 0 aromatic carbocycles. The van der Waals surface area contributed by atoms with E-state index in [-0.39, 0.29) is 5.54 Å². The maximum atomic E-state index is 5.61. The van der Waals surface area contributed by atoms with Crippen molar-refractivity contribution >= 4 is 0 Å². The summed E-state index contributed by atoms with van der Waals surface area (Å²) < 4.78 is 5.61. The first-order chi connectivity index (χ1) is 5.22. The van der Waals surface area contributed by atoms with Gasteiger partial charge in [0.1, 0.15) is 0 Å². The molecule has 0 saturated carbocycles. The van der Waals surface area contributed by atoms with Gasteiger partial charge in [-0.1, -0.05) is 13.8 Å². The molecule has 1 N–H and O–H groups in total. The van der Waals surface area contributed by atoms with E-state index in [1.54, 1.807) is 0 Å². The first kappa shape index (κ1) is 9.01. The van der Waals surface area contributed by atoms with Gasteiger partial charge in [-0.05, 0) is 19.8 Å². The molecule has 0 spiro atoms. The third-order valence-electron chi connectivity index (χ3n) is 2.76. The zero-order valence-electron chi connectivity index (χ0n) is 7.81. The summed E-state index contributed by atoms with van der Waals surface area (Å²) in [5.41, 5.74) is 0.270. The topological polar surface area (TPSA) is 21.3 Å². The van der Waals surface area contributed by atoms with E-state index in [2.05, 4.69) is 26.1 Å². The van der Waals surface area contributed by atoms with E-state index in [1.807, 2.05) is 0 Å². The van der Waals surface area contributed by atoms with E-state index in [9.17, 15) is 0 Å². The van der Waals surface area contributed by atoms with E-state index < -0.39 is 0 Å². The van der Waals surface area contributed by atoms with Gasteiger partial charge in [-0.3, -0.25) is 0 Å². The van der Waals surface area contributed by atoms with Crippen molar-refractivity contribution < 1.29 is 4.74 Å². The summed E-state index contributed by atoms with van der Waals surface area (Å²) in [6.45, 7) is 8.43. The van der Waals surface area contributed by atoms with Crippen LogP contribution < -0.4 is 5.32 Å². The Labute approximate surface area is 69.3 Å². The van der Waals surface area contributed by atoms with Gasteiger partial charge in [0, 0.05) is 12.1 Å². The van der Waals surface area contributed by atoms with Gasteiger partial charge in [-0.25, -0.2) is 0 Å². The van der Waals surface area contributed by atoms with Crippen molar-refractivity contribution in [3.63, 3.8) is 0 Å². The van der Waals surface area contributed by atoms with Crippen molar-refractivity contribution in [1.29, 1.82) is 0 Å². The zero-order chi connectivity index (χ0) is 8.32. The van der Waals surface area contributed by atoms with Crippen LogP contribution in [0.25, 0.3) is 0 Å². The molecule has 1 rings (SSSR count). The molecule has 1 aliphatic heterocycles. The summed E-state index contributed by atoms with van der Waals surface area (Å²) >= 11 is 0. The lowest BCUT2D eigenvalue weighted by Crippen LogP contribution is -2.55. The summed E-state index contributed by atoms with van der Waals surface area (Å²) in [5.74, 6) is 0. The Bertz CT molecular complexity index is 111. The highest BCUT2D eigenvalue weighted by molar-refractivity contribution is 4.89. The van der Waals surface area contributed by atoms with Crippen LogP contribution in [0.5, 0.6) is 0 Å². The summed E-state index contributed by atoms with van der Waals surface area (Å²) in [5, 5.41) is 3.56. The summed E-state index contributed by atoms with van der Waals surface area (Å²) in [6.07, 6.45) is 2.72. The minimum absolute atomic E-state index is 0.270. The Morgan fingerprint density at radius 3 is 2.45 bits per heavy atom. The molecular weight excluding hydrogens is 138 g/mol. The third kappa shape index (κ3) is 1.94. The predicted molar refractivity (Wildman–Crippen MR) is 46.7 cm³/mol. The van der Waals surface area contributed by atoms with Crippen molar-refractivity contribution in [1.82, 2.24) is 5.32 Å². The van der Waals surface area contributed by atoms with Crippen LogP contribution in [0.3, 0.4) is 0 Å². The Kier molecular flexibility index (Phi) is 2.90. The van der Waals surface area contributed by atoms with Crippen LogP contribution in [-0.2, 0) is 4.74 Å². The smallest absolute Gasteiger partial charge is 0.0672 e. The minimum atomic E-state index is 0.270. The van der Waals surface area contributed by atoms with Gasteiger partial charge in [0.25, 0.3) is 0 Å². The van der Waals surface area contributed by atoms with E-state index in [0.717, 1.165) is 26.0 Å².